The van der Waals surface area contributed by atoms with E-state index < -0.39 is 0 Å². The van der Waals surface area contributed by atoms with E-state index in [0.29, 0.717) is 10.9 Å². The molecule has 0 amide bonds. The maximum Gasteiger partial charge on any atom is 0.0645 e. The maximum atomic E-state index is 8.37. The van der Waals surface area contributed by atoms with Crippen molar-refractivity contribution in [1.82, 2.24) is 4.98 Å². The minimum Gasteiger partial charge on any atom is -0.355 e. The average Bonchev–Trinajstić information content (AvgIpc) is 3.16. The van der Waals surface area contributed by atoms with Gasteiger partial charge in [0.05, 0.1) is 5.48 Å². The lowest BCUT2D eigenvalue weighted by Crippen LogP contribution is -1.84. The Balaban J connectivity index is 1.80. The lowest BCUT2D eigenvalue weighted by Gasteiger charge is -2.10. The van der Waals surface area contributed by atoms with Crippen LogP contribution in [0.2, 0.25) is 0 Å². The van der Waals surface area contributed by atoms with Crippen molar-refractivity contribution in [3.63, 3.8) is 0 Å². The fourth-order valence-corrected chi connectivity index (χ4v) is 3.37. The Morgan fingerprint density at radius 1 is 0.600 bits per heavy atom. The number of aromatic amines is 1. The molecule has 0 aliphatic carbocycles. The molecule has 0 spiro atoms. The molecule has 0 fully saturated rings. The summed E-state index contributed by atoms with van der Waals surface area (Å²) in [7, 11) is 0. The Morgan fingerprint density at radius 2 is 1.32 bits per heavy atom. The minimum atomic E-state index is -0.219. The smallest absolute Gasteiger partial charge is 0.0645 e. The van der Waals surface area contributed by atoms with E-state index in [1.165, 1.54) is 0 Å². The summed E-state index contributed by atoms with van der Waals surface area (Å²) in [6.45, 7) is 0. The Kier molecular flexibility index (Phi) is 2.38. The highest BCUT2D eigenvalue weighted by Gasteiger charge is 2.09. The summed E-state index contributed by atoms with van der Waals surface area (Å²) in [6.07, 6.45) is 0. The molecule has 0 unspecified atom stereocenters. The monoisotopic (exact) mass is 323 g/mol. The number of aromatic nitrogens is 1. The van der Waals surface area contributed by atoms with Crippen molar-refractivity contribution in [3.05, 3.63) is 97.0 Å². The van der Waals surface area contributed by atoms with Gasteiger partial charge in [-0.25, -0.2) is 0 Å². The van der Waals surface area contributed by atoms with Gasteiger partial charge in [-0.15, -0.1) is 0 Å². The van der Waals surface area contributed by atoms with Crippen molar-refractivity contribution in [2.24, 2.45) is 0 Å². The number of benzene rings is 4. The first kappa shape index (κ1) is 10.5. The second-order valence-corrected chi connectivity index (χ2v) is 6.05. The summed E-state index contributed by atoms with van der Waals surface area (Å²) in [5, 5.41) is 1.33. The summed E-state index contributed by atoms with van der Waals surface area (Å²) in [5.74, 6) is 0. The van der Waals surface area contributed by atoms with Crippen molar-refractivity contribution in [2.45, 2.75) is 0 Å². The molecule has 1 heteroatoms. The van der Waals surface area contributed by atoms with Crippen molar-refractivity contribution >= 4 is 21.8 Å². The van der Waals surface area contributed by atoms with Crippen molar-refractivity contribution in [2.75, 3.05) is 0 Å². The third-order valence-electron chi connectivity index (χ3n) is 4.56. The van der Waals surface area contributed by atoms with Crippen LogP contribution in [0.25, 0.3) is 44.1 Å². The van der Waals surface area contributed by atoms with Crippen LogP contribution in [0.15, 0.2) is 97.0 Å². The summed E-state index contributed by atoms with van der Waals surface area (Å²) in [6, 6.07) is 23.9. The lowest BCUT2D eigenvalue weighted by molar-refractivity contribution is 1.54. The van der Waals surface area contributed by atoms with Gasteiger partial charge in [0.2, 0.25) is 0 Å². The Bertz CT molecular complexity index is 1390. The molecule has 118 valence electrons. The van der Waals surface area contributed by atoms with Crippen LogP contribution in [-0.4, -0.2) is 4.98 Å². The molecule has 5 rings (SSSR count). The quantitative estimate of drug-likeness (QED) is 0.374. The number of hydrogen-bond acceptors (Lipinski definition) is 0. The van der Waals surface area contributed by atoms with Crippen LogP contribution >= 0.6 is 0 Å². The number of hydrogen-bond donors (Lipinski definition) is 1. The molecule has 1 aromatic heterocycles. The Morgan fingerprint density at radius 3 is 2.16 bits per heavy atom. The number of fused-ring (bicyclic) bond motifs is 3. The SMILES string of the molecule is [2H]c1c([2H])c([2H])c2c([nH]c3ccc(-c4ccccc4-c4ccccc4)cc32)c1[2H]. The van der Waals surface area contributed by atoms with Crippen molar-refractivity contribution in [3.8, 4) is 22.3 Å². The van der Waals surface area contributed by atoms with Gasteiger partial charge in [0.15, 0.2) is 0 Å². The molecular weight excluding hydrogens is 302 g/mol. The fraction of sp³-hybridized carbons (Fsp3) is 0. The summed E-state index contributed by atoms with van der Waals surface area (Å²) >= 11 is 0. The second-order valence-electron chi connectivity index (χ2n) is 6.05. The van der Waals surface area contributed by atoms with Crippen LogP contribution < -0.4 is 0 Å². The molecule has 1 nitrogen and oxygen atoms in total. The van der Waals surface area contributed by atoms with Gasteiger partial charge in [-0.05, 0) is 40.4 Å². The zero-order valence-corrected chi connectivity index (χ0v) is 13.4. The van der Waals surface area contributed by atoms with Gasteiger partial charge >= 0.3 is 0 Å². The van der Waals surface area contributed by atoms with Crippen molar-refractivity contribution < 1.29 is 5.48 Å². The summed E-state index contributed by atoms with van der Waals surface area (Å²) in [5.41, 5.74) is 5.58. The van der Waals surface area contributed by atoms with Crippen LogP contribution in [0.3, 0.4) is 0 Å². The van der Waals surface area contributed by atoms with Crippen LogP contribution in [0.4, 0.5) is 0 Å². The molecule has 0 aliphatic heterocycles. The normalized spacial score (nSPS) is 13.4. The Hall–Kier alpha value is -3.32. The topological polar surface area (TPSA) is 15.8 Å². The standard InChI is InChI=1S/C24H17N/c1-2-8-17(9-3-1)19-10-4-5-11-20(19)18-14-15-24-22(16-18)21-12-6-7-13-23(21)25-24/h1-16,25H/i6D,7D,12D,13D. The van der Waals surface area contributed by atoms with Crippen LogP contribution in [-0.2, 0) is 0 Å². The van der Waals surface area contributed by atoms with E-state index in [-0.39, 0.29) is 24.2 Å². The van der Waals surface area contributed by atoms with Crippen LogP contribution in [0.1, 0.15) is 5.48 Å². The summed E-state index contributed by atoms with van der Waals surface area (Å²) < 4.78 is 32.5. The van der Waals surface area contributed by atoms with Crippen molar-refractivity contribution in [1.29, 1.82) is 0 Å². The Labute approximate surface area is 152 Å². The lowest BCUT2D eigenvalue weighted by atomic mass is 9.94. The van der Waals surface area contributed by atoms with E-state index in [9.17, 15) is 0 Å². The molecule has 5 aromatic rings. The molecule has 4 aromatic carbocycles. The largest absolute Gasteiger partial charge is 0.355 e. The van der Waals surface area contributed by atoms with Gasteiger partial charge in [-0.1, -0.05) is 78.8 Å². The highest BCUT2D eigenvalue weighted by molar-refractivity contribution is 6.08. The van der Waals surface area contributed by atoms with E-state index in [1.807, 2.05) is 48.5 Å². The van der Waals surface area contributed by atoms with Gasteiger partial charge in [0, 0.05) is 21.8 Å². The zero-order chi connectivity index (χ0) is 20.1. The van der Waals surface area contributed by atoms with Gasteiger partial charge in [-0.3, -0.25) is 0 Å². The number of para-hydroxylation sites is 1. The van der Waals surface area contributed by atoms with E-state index >= 15 is 0 Å². The van der Waals surface area contributed by atoms with E-state index in [2.05, 4.69) is 29.2 Å². The predicted octanol–water partition coefficient (Wildman–Crippen LogP) is 6.66. The predicted molar refractivity (Wildman–Crippen MR) is 107 cm³/mol. The van der Waals surface area contributed by atoms with Gasteiger partial charge in [-0.2, -0.15) is 0 Å². The second kappa shape index (κ2) is 5.64. The number of nitrogens with one attached hydrogen (secondary N) is 1. The molecular formula is C24H17N. The first-order chi connectivity index (χ1) is 14.1. The third kappa shape index (κ3) is 2.33. The molecule has 0 aliphatic rings. The summed E-state index contributed by atoms with van der Waals surface area (Å²) in [4.78, 5) is 3.17. The van der Waals surface area contributed by atoms with E-state index in [4.69, 9.17) is 5.48 Å². The maximum absolute atomic E-state index is 8.37. The highest BCUT2D eigenvalue weighted by atomic mass is 14.7. The molecule has 0 saturated heterocycles. The molecule has 0 atom stereocenters. The zero-order valence-electron chi connectivity index (χ0n) is 17.4. The minimum absolute atomic E-state index is 0.0132. The van der Waals surface area contributed by atoms with Gasteiger partial charge < -0.3 is 4.98 Å². The molecule has 1 N–H and O–H groups in total. The molecule has 25 heavy (non-hydrogen) atoms. The van der Waals surface area contributed by atoms with Gasteiger partial charge in [0.1, 0.15) is 0 Å². The first-order valence-electron chi connectivity index (χ1n) is 10.2. The first-order valence-corrected chi connectivity index (χ1v) is 8.23. The van der Waals surface area contributed by atoms with Crippen LogP contribution in [0, 0.1) is 0 Å². The highest BCUT2D eigenvalue weighted by Crippen LogP contribution is 2.35. The van der Waals surface area contributed by atoms with E-state index in [1.54, 1.807) is 0 Å². The third-order valence-corrected chi connectivity index (χ3v) is 4.56. The van der Waals surface area contributed by atoms with E-state index in [0.717, 1.165) is 33.2 Å². The fourth-order valence-electron chi connectivity index (χ4n) is 3.37. The molecule has 0 saturated carbocycles. The molecule has 0 radical (unpaired) electrons. The average molecular weight is 323 g/mol. The van der Waals surface area contributed by atoms with Gasteiger partial charge in [0.25, 0.3) is 0 Å². The van der Waals surface area contributed by atoms with Crippen LogP contribution in [0.5, 0.6) is 0 Å². The number of H-pyrrole nitrogens is 1. The molecule has 1 heterocycles. The number of rotatable bonds is 2. The molecule has 0 bridgehead atoms.